The van der Waals surface area contributed by atoms with Crippen LogP contribution >= 0.6 is 0 Å². The molecule has 2 spiro atoms. The van der Waals surface area contributed by atoms with E-state index in [1.54, 1.807) is 0 Å². The summed E-state index contributed by atoms with van der Waals surface area (Å²) < 4.78 is 14.2. The minimum absolute atomic E-state index is 0.134. The Morgan fingerprint density at radius 3 is 0.853 bits per heavy atom. The highest BCUT2D eigenvalue weighted by Gasteiger charge is 2.59. The van der Waals surface area contributed by atoms with Gasteiger partial charge in [-0.2, -0.15) is 0 Å². The maximum absolute atomic E-state index is 15.8. The molecule has 0 radical (unpaired) electrons. The predicted octanol–water partition coefficient (Wildman–Crippen LogP) is 19.6. The highest BCUT2D eigenvalue weighted by Crippen LogP contribution is 2.62. The molecule has 12 aromatic carbocycles. The van der Waals surface area contributed by atoms with Crippen LogP contribution in [0.5, 0.6) is 23.0 Å². The molecule has 0 fully saturated rings. The fourth-order valence-electron chi connectivity index (χ4n) is 17.4. The van der Waals surface area contributed by atoms with Gasteiger partial charge in [0.25, 0.3) is 11.8 Å². The van der Waals surface area contributed by atoms with E-state index in [-0.39, 0.29) is 23.4 Å². The second-order valence-electron chi connectivity index (χ2n) is 27.0. The zero-order valence-electron chi connectivity index (χ0n) is 58.7. The van der Waals surface area contributed by atoms with Crippen molar-refractivity contribution in [2.75, 3.05) is 81.8 Å². The van der Waals surface area contributed by atoms with Gasteiger partial charge in [-0.3, -0.25) is 29.0 Å². The fraction of sp³-hybridized carbons (Fsp3) is 0.200. The molecule has 0 bridgehead atoms. The van der Waals surface area contributed by atoms with Crippen molar-refractivity contribution in [3.8, 4) is 45.3 Å². The number of nitrogens with zero attached hydrogens (tertiary/aromatic N) is 6. The smallest absolute Gasteiger partial charge is 0.260 e. The third-order valence-electron chi connectivity index (χ3n) is 22.4. The summed E-state index contributed by atoms with van der Waals surface area (Å²) in [7, 11) is 0. The lowest BCUT2D eigenvalue weighted by molar-refractivity contribution is 0.0977. The van der Waals surface area contributed by atoms with Crippen molar-refractivity contribution < 1.29 is 28.7 Å². The van der Waals surface area contributed by atoms with Gasteiger partial charge in [0.05, 0.1) is 0 Å². The van der Waals surface area contributed by atoms with E-state index in [9.17, 15) is 9.59 Å². The van der Waals surface area contributed by atoms with Crippen molar-refractivity contribution in [3.63, 3.8) is 0 Å². The summed E-state index contributed by atoms with van der Waals surface area (Å²) in [5.74, 6) is 2.07. The van der Waals surface area contributed by atoms with E-state index < -0.39 is 11.1 Å². The number of hydrogen-bond acceptors (Lipinski definition) is 10. The number of ether oxygens (including phenoxy) is 2. The minimum Gasteiger partial charge on any atom is -0.456 e. The number of anilines is 6. The Morgan fingerprint density at radius 2 is 0.549 bits per heavy atom. The van der Waals surface area contributed by atoms with Crippen LogP contribution in [0.1, 0.15) is 141 Å². The number of carbonyl (C=O) groups is 4. The molecular formula is C90H78N6O6. The first kappa shape index (κ1) is 63.7. The van der Waals surface area contributed by atoms with Crippen LogP contribution in [-0.4, -0.2) is 75.7 Å². The number of rotatable bonds is 16. The summed E-state index contributed by atoms with van der Waals surface area (Å²) in [4.78, 5) is 74.5. The molecule has 0 unspecified atom stereocenters. The molecule has 0 aromatic heterocycles. The van der Waals surface area contributed by atoms with Crippen LogP contribution in [0.3, 0.4) is 0 Å². The zero-order chi connectivity index (χ0) is 70.0. The van der Waals surface area contributed by atoms with E-state index in [0.717, 1.165) is 152 Å². The lowest BCUT2D eigenvalue weighted by Crippen LogP contribution is -2.47. The molecule has 0 saturated heterocycles. The van der Waals surface area contributed by atoms with Crippen molar-refractivity contribution in [1.29, 1.82) is 0 Å². The highest BCUT2D eigenvalue weighted by molar-refractivity contribution is 6.31. The molecule has 4 aliphatic heterocycles. The van der Waals surface area contributed by atoms with Crippen molar-refractivity contribution in [1.82, 2.24) is 0 Å². The molecule has 504 valence electrons. The number of benzene rings is 12. The lowest BCUT2D eigenvalue weighted by Gasteiger charge is -2.44. The van der Waals surface area contributed by atoms with Crippen molar-refractivity contribution in [2.24, 2.45) is 0 Å². The Morgan fingerprint density at radius 1 is 0.275 bits per heavy atom. The molecule has 2 amide bonds. The molecule has 102 heavy (non-hydrogen) atoms. The van der Waals surface area contributed by atoms with Gasteiger partial charge >= 0.3 is 0 Å². The molecule has 12 aromatic rings. The Hall–Kier alpha value is -11.8. The van der Waals surface area contributed by atoms with Crippen LogP contribution in [0.4, 0.5) is 34.1 Å². The van der Waals surface area contributed by atoms with Gasteiger partial charge in [-0.05, 0) is 196 Å². The first-order valence-corrected chi connectivity index (χ1v) is 36.1. The van der Waals surface area contributed by atoms with Gasteiger partial charge < -0.3 is 29.1 Å². The largest absolute Gasteiger partial charge is 0.456 e. The van der Waals surface area contributed by atoms with Gasteiger partial charge in [0.15, 0.2) is 11.6 Å². The van der Waals surface area contributed by atoms with E-state index in [0.29, 0.717) is 67.8 Å². The van der Waals surface area contributed by atoms with Crippen LogP contribution in [-0.2, 0) is 11.1 Å². The Balaban J connectivity index is 0.842. The van der Waals surface area contributed by atoms with Crippen LogP contribution in [0.15, 0.2) is 231 Å². The average molecular weight is 1340 g/mol. The molecular weight excluding hydrogens is 1260 g/mol. The monoisotopic (exact) mass is 1340 g/mol. The summed E-state index contributed by atoms with van der Waals surface area (Å²) in [6.45, 7) is 23.8. The van der Waals surface area contributed by atoms with Gasteiger partial charge in [0, 0.05) is 178 Å². The molecule has 0 N–H and O–H groups in total. The summed E-state index contributed by atoms with van der Waals surface area (Å²) in [5.41, 5.74) is 14.5. The van der Waals surface area contributed by atoms with Crippen molar-refractivity contribution >= 4 is 79.1 Å². The predicted molar refractivity (Wildman–Crippen MR) is 412 cm³/mol. The van der Waals surface area contributed by atoms with E-state index in [2.05, 4.69) is 196 Å². The lowest BCUT2D eigenvalue weighted by atomic mass is 9.74. The molecule has 0 saturated carbocycles. The third-order valence-corrected chi connectivity index (χ3v) is 22.4. The number of carbonyl (C=O) groups excluding carboxylic acids is 4. The Bertz CT molecular complexity index is 5030. The molecule has 4 heterocycles. The number of ketones is 2. The Kier molecular flexibility index (Phi) is 15.3. The fourth-order valence-corrected chi connectivity index (χ4v) is 17.4. The molecule has 12 heteroatoms. The van der Waals surface area contributed by atoms with E-state index >= 15 is 9.59 Å². The quantitative estimate of drug-likeness (QED) is 0.0928. The van der Waals surface area contributed by atoms with Gasteiger partial charge in [-0.25, -0.2) is 0 Å². The molecule has 1 aliphatic carbocycles. The van der Waals surface area contributed by atoms with Crippen LogP contribution in [0, 0.1) is 0 Å². The maximum Gasteiger partial charge on any atom is 0.260 e. The summed E-state index contributed by atoms with van der Waals surface area (Å²) in [6.07, 6.45) is 0. The highest BCUT2D eigenvalue weighted by atomic mass is 16.5. The third kappa shape index (κ3) is 9.26. The summed E-state index contributed by atoms with van der Waals surface area (Å²) >= 11 is 0. The minimum atomic E-state index is -1.14. The van der Waals surface area contributed by atoms with Crippen LogP contribution < -0.4 is 38.9 Å². The van der Waals surface area contributed by atoms with E-state index in [1.165, 1.54) is 0 Å². The second-order valence-corrected chi connectivity index (χ2v) is 27.0. The normalized spacial score (nSPS) is 14.5. The topological polar surface area (TPSA) is 106 Å². The maximum atomic E-state index is 15.8. The first-order valence-electron chi connectivity index (χ1n) is 36.1. The van der Waals surface area contributed by atoms with Gasteiger partial charge in [-0.15, -0.1) is 0 Å². The van der Waals surface area contributed by atoms with E-state index in [4.69, 9.17) is 9.47 Å². The van der Waals surface area contributed by atoms with Crippen LogP contribution in [0.25, 0.3) is 43.8 Å². The Labute approximate surface area is 595 Å². The number of fused-ring (bicyclic) bond motifs is 16. The zero-order valence-corrected chi connectivity index (χ0v) is 58.7. The molecule has 5 aliphatic rings. The molecule has 17 rings (SSSR count). The summed E-state index contributed by atoms with van der Waals surface area (Å²) in [5, 5.41) is 3.33. The van der Waals surface area contributed by atoms with Gasteiger partial charge in [-0.1, -0.05) is 109 Å². The van der Waals surface area contributed by atoms with Crippen LogP contribution in [0.2, 0.25) is 0 Å². The first-order chi connectivity index (χ1) is 49.8. The van der Waals surface area contributed by atoms with E-state index in [1.807, 2.05) is 119 Å². The summed E-state index contributed by atoms with van der Waals surface area (Å²) in [6, 6.07) is 77.8. The number of amides is 2. The van der Waals surface area contributed by atoms with Gasteiger partial charge in [0.1, 0.15) is 34.1 Å². The molecule has 0 atom stereocenters. The van der Waals surface area contributed by atoms with Crippen molar-refractivity contribution in [3.05, 3.63) is 297 Å². The second kappa shape index (κ2) is 24.5. The standard InChI is InChI=1S/C90H78N6O6/c1-9-91(10-2)63-37-41-77-81(51-63)101-82-52-64(92(11-3)12-4)38-42-78(82)89(77)75-27-21-19-25-67(75)87(99)95(89)61-33-29-55(30-34-61)69-47-59-49-73-74(86(98)72-46-58-24-18-17-23-57(58)45-71(72)85(73)97)50-60(59)48-70(69)56-31-35-62(36-32-56)96-88(100)68-26-20-22-28-76(68)90(96)79-43-39-65(93(13-5)14-6)53-83(79)102-84-54-66(40-44-80(84)90)94(15-7)16-8/h17-54H,9-16H2,1-8H3. The van der Waals surface area contributed by atoms with Gasteiger partial charge in [0.2, 0.25) is 0 Å². The molecule has 12 nitrogen and oxygen atoms in total. The average Bonchev–Trinajstić information content (AvgIpc) is 1.52. The number of hydrogen-bond donors (Lipinski definition) is 0. The van der Waals surface area contributed by atoms with Crippen molar-refractivity contribution in [2.45, 2.75) is 66.5 Å². The SMILES string of the molecule is CCN(CC)c1ccc2c(c1)Oc1cc(N(CC)CC)ccc1C21c2ccccc2C(=O)N1c1ccc(-c2cc3cc4c(cc3cc2-c2ccc(N3C(=O)c5ccccc5C35c3ccc(N(CC)CC)cc3Oc3cc(N(CC)CC)ccc35)cc2)C(=O)c2cc3ccccc3cc2C4=O)cc1.